The summed E-state index contributed by atoms with van der Waals surface area (Å²) in [6.45, 7) is 10.4. The molecule has 1 atom stereocenters. The number of aliphatic hydroxyl groups excluding tert-OH is 1. The predicted octanol–water partition coefficient (Wildman–Crippen LogP) is 3.79. The minimum absolute atomic E-state index is 0.0689. The fraction of sp³-hybridized carbons (Fsp3) is 0.379. The molecule has 37 heavy (non-hydrogen) atoms. The zero-order valence-corrected chi connectivity index (χ0v) is 21.2. The van der Waals surface area contributed by atoms with Crippen LogP contribution in [0.3, 0.4) is 0 Å². The number of morpholine rings is 1. The van der Waals surface area contributed by atoms with Gasteiger partial charge in [0.2, 0.25) is 0 Å². The molecule has 0 bridgehead atoms. The molecule has 4 rings (SSSR count). The zero-order chi connectivity index (χ0) is 26.2. The average Bonchev–Trinajstić information content (AvgIpc) is 3.19. The summed E-state index contributed by atoms with van der Waals surface area (Å²) in [4.78, 5) is 30.3. The molecule has 2 saturated heterocycles. The summed E-state index contributed by atoms with van der Waals surface area (Å²) in [7, 11) is 0. The highest BCUT2D eigenvalue weighted by Gasteiger charge is 2.46. The third kappa shape index (κ3) is 6.21. The van der Waals surface area contributed by atoms with Crippen LogP contribution < -0.4 is 9.47 Å². The molecule has 2 fully saturated rings. The van der Waals surface area contributed by atoms with Crippen molar-refractivity contribution in [3.63, 3.8) is 0 Å². The zero-order valence-electron chi connectivity index (χ0n) is 21.2. The summed E-state index contributed by atoms with van der Waals surface area (Å²) in [5.41, 5.74) is 1.21. The molecule has 0 aromatic heterocycles. The summed E-state index contributed by atoms with van der Waals surface area (Å²) in [6, 6.07) is 13.5. The lowest BCUT2D eigenvalue weighted by molar-refractivity contribution is -0.140. The van der Waals surface area contributed by atoms with E-state index in [2.05, 4.69) is 11.5 Å². The Morgan fingerprint density at radius 3 is 2.54 bits per heavy atom. The van der Waals surface area contributed by atoms with Gasteiger partial charge < -0.3 is 24.2 Å². The number of ketones is 1. The number of ether oxygens (including phenoxy) is 3. The molecular formula is C29H34N2O6. The lowest BCUT2D eigenvalue weighted by Gasteiger charge is -2.31. The Balaban J connectivity index is 1.70. The second-order valence-electron chi connectivity index (χ2n) is 8.99. The van der Waals surface area contributed by atoms with Crippen LogP contribution in [0.15, 0.2) is 66.8 Å². The van der Waals surface area contributed by atoms with Gasteiger partial charge in [-0.05, 0) is 36.2 Å². The summed E-state index contributed by atoms with van der Waals surface area (Å²) in [5.74, 6) is -0.296. The Hall–Kier alpha value is -3.62. The van der Waals surface area contributed by atoms with Crippen molar-refractivity contribution in [3.05, 3.63) is 77.9 Å². The quantitative estimate of drug-likeness (QED) is 0.215. The summed E-state index contributed by atoms with van der Waals surface area (Å²) in [5, 5.41) is 11.4. The van der Waals surface area contributed by atoms with E-state index < -0.39 is 17.7 Å². The van der Waals surface area contributed by atoms with Crippen LogP contribution in [0, 0.1) is 0 Å². The molecule has 1 amide bonds. The van der Waals surface area contributed by atoms with Gasteiger partial charge in [-0.15, -0.1) is 0 Å². The molecule has 2 aliphatic heterocycles. The number of rotatable bonds is 11. The van der Waals surface area contributed by atoms with Gasteiger partial charge in [-0.3, -0.25) is 14.5 Å². The number of hydrogen-bond acceptors (Lipinski definition) is 7. The van der Waals surface area contributed by atoms with Gasteiger partial charge >= 0.3 is 0 Å². The lowest BCUT2D eigenvalue weighted by atomic mass is 9.95. The third-order valence-corrected chi connectivity index (χ3v) is 6.44. The first-order valence-electron chi connectivity index (χ1n) is 12.7. The topological polar surface area (TPSA) is 88.5 Å². The van der Waals surface area contributed by atoms with E-state index in [9.17, 15) is 14.7 Å². The number of Topliss-reactive ketones (excluding diaryl/α,β-unsaturated/α-hetero) is 1. The maximum absolute atomic E-state index is 13.3. The average molecular weight is 507 g/mol. The number of carbonyl (C=O) groups is 2. The van der Waals surface area contributed by atoms with E-state index in [0.29, 0.717) is 62.1 Å². The monoisotopic (exact) mass is 506 g/mol. The number of hydrogen-bond donors (Lipinski definition) is 1. The fourth-order valence-corrected chi connectivity index (χ4v) is 4.54. The number of nitrogens with zero attached hydrogens (tertiary/aromatic N) is 2. The standard InChI is InChI=1S/C29H34N2O6/c1-3-16-36-23-10-8-21(9-11-23)26-25(27(32)22-6-5-7-24(20-22)37-17-4-2)28(33)29(34)31(26)13-12-30-14-18-35-19-15-30/h3,5-11,20,26,32H,1,4,12-19H2,2H3/b27-25+. The van der Waals surface area contributed by atoms with E-state index in [-0.39, 0.29) is 11.3 Å². The molecule has 0 aliphatic carbocycles. The smallest absolute Gasteiger partial charge is 0.295 e. The molecular weight excluding hydrogens is 472 g/mol. The van der Waals surface area contributed by atoms with Crippen molar-refractivity contribution in [3.8, 4) is 11.5 Å². The molecule has 0 spiro atoms. The normalized spacial score (nSPS) is 19.7. The second-order valence-corrected chi connectivity index (χ2v) is 8.99. The van der Waals surface area contributed by atoms with Crippen molar-refractivity contribution in [1.29, 1.82) is 0 Å². The molecule has 8 nitrogen and oxygen atoms in total. The van der Waals surface area contributed by atoms with Crippen LogP contribution in [0.4, 0.5) is 0 Å². The molecule has 196 valence electrons. The van der Waals surface area contributed by atoms with Gasteiger partial charge in [-0.1, -0.05) is 43.8 Å². The molecule has 2 aliphatic rings. The Kier molecular flexibility index (Phi) is 8.98. The molecule has 2 heterocycles. The Labute approximate surface area is 217 Å². The van der Waals surface area contributed by atoms with E-state index in [0.717, 1.165) is 19.5 Å². The molecule has 0 radical (unpaired) electrons. The van der Waals surface area contributed by atoms with Gasteiger partial charge in [0.05, 0.1) is 31.4 Å². The van der Waals surface area contributed by atoms with Gasteiger partial charge in [-0.25, -0.2) is 0 Å². The van der Waals surface area contributed by atoms with Crippen LogP contribution in [0.5, 0.6) is 11.5 Å². The van der Waals surface area contributed by atoms with E-state index in [4.69, 9.17) is 14.2 Å². The number of carbonyl (C=O) groups excluding carboxylic acids is 2. The molecule has 2 aromatic rings. The minimum Gasteiger partial charge on any atom is -0.507 e. The summed E-state index contributed by atoms with van der Waals surface area (Å²) in [6.07, 6.45) is 2.50. The Bertz CT molecular complexity index is 1140. The largest absolute Gasteiger partial charge is 0.507 e. The van der Waals surface area contributed by atoms with Crippen molar-refractivity contribution < 1.29 is 28.9 Å². The van der Waals surface area contributed by atoms with Crippen LogP contribution in [0.1, 0.15) is 30.5 Å². The molecule has 0 saturated carbocycles. The second kappa shape index (κ2) is 12.6. The van der Waals surface area contributed by atoms with Gasteiger partial charge in [0.15, 0.2) is 0 Å². The highest BCUT2D eigenvalue weighted by Crippen LogP contribution is 2.40. The number of likely N-dealkylation sites (tertiary alicyclic amines) is 1. The van der Waals surface area contributed by atoms with Gasteiger partial charge in [0.1, 0.15) is 23.9 Å². The third-order valence-electron chi connectivity index (χ3n) is 6.44. The molecule has 8 heteroatoms. The maximum atomic E-state index is 13.3. The molecule has 2 aromatic carbocycles. The molecule has 1 N–H and O–H groups in total. The van der Waals surface area contributed by atoms with E-state index in [1.54, 1.807) is 47.4 Å². The summed E-state index contributed by atoms with van der Waals surface area (Å²) >= 11 is 0. The van der Waals surface area contributed by atoms with Crippen LogP contribution in [0.2, 0.25) is 0 Å². The first-order valence-corrected chi connectivity index (χ1v) is 12.7. The van der Waals surface area contributed by atoms with Crippen molar-refractivity contribution in [2.24, 2.45) is 0 Å². The Morgan fingerprint density at radius 2 is 1.84 bits per heavy atom. The van der Waals surface area contributed by atoms with Gasteiger partial charge in [0.25, 0.3) is 11.7 Å². The van der Waals surface area contributed by atoms with Crippen LogP contribution in [-0.2, 0) is 14.3 Å². The number of aliphatic hydroxyl groups is 1. The summed E-state index contributed by atoms with van der Waals surface area (Å²) < 4.78 is 16.7. The van der Waals surface area contributed by atoms with E-state index in [1.807, 2.05) is 19.1 Å². The first kappa shape index (κ1) is 26.4. The van der Waals surface area contributed by atoms with E-state index in [1.165, 1.54) is 0 Å². The minimum atomic E-state index is -0.727. The number of amides is 1. The van der Waals surface area contributed by atoms with E-state index >= 15 is 0 Å². The van der Waals surface area contributed by atoms with Crippen LogP contribution in [0.25, 0.3) is 5.76 Å². The van der Waals surface area contributed by atoms with Crippen LogP contribution >= 0.6 is 0 Å². The van der Waals surface area contributed by atoms with Crippen molar-refractivity contribution in [1.82, 2.24) is 9.80 Å². The molecule has 1 unspecified atom stereocenters. The fourth-order valence-electron chi connectivity index (χ4n) is 4.54. The SMILES string of the molecule is C=CCOc1ccc(C2/C(=C(\O)c3cccc(OCCC)c3)C(=O)C(=O)N2CCN2CCOCC2)cc1. The van der Waals surface area contributed by atoms with Crippen molar-refractivity contribution in [2.75, 3.05) is 52.6 Å². The lowest BCUT2D eigenvalue weighted by Crippen LogP contribution is -2.42. The van der Waals surface area contributed by atoms with Gasteiger partial charge in [-0.2, -0.15) is 0 Å². The highest BCUT2D eigenvalue weighted by atomic mass is 16.5. The first-order chi connectivity index (χ1) is 18.0. The van der Waals surface area contributed by atoms with Gasteiger partial charge in [0, 0.05) is 31.7 Å². The van der Waals surface area contributed by atoms with Crippen molar-refractivity contribution >= 4 is 17.4 Å². The predicted molar refractivity (Wildman–Crippen MR) is 141 cm³/mol. The Morgan fingerprint density at radius 1 is 1.08 bits per heavy atom. The highest BCUT2D eigenvalue weighted by molar-refractivity contribution is 6.46. The van der Waals surface area contributed by atoms with Crippen LogP contribution in [-0.4, -0.2) is 79.2 Å². The maximum Gasteiger partial charge on any atom is 0.295 e. The van der Waals surface area contributed by atoms with Crippen molar-refractivity contribution in [2.45, 2.75) is 19.4 Å². The number of benzene rings is 2.